The molecule has 2 aromatic rings. The van der Waals surface area contributed by atoms with Crippen LogP contribution in [-0.2, 0) is 0 Å². The molecule has 0 saturated heterocycles. The number of hydrogen-bond donors (Lipinski definition) is 0. The number of aromatic nitrogens is 1. The van der Waals surface area contributed by atoms with Crippen molar-refractivity contribution in [2.24, 2.45) is 0 Å². The van der Waals surface area contributed by atoms with E-state index in [1.54, 1.807) is 19.4 Å². The first-order valence-corrected chi connectivity index (χ1v) is 6.39. The molecule has 0 aliphatic carbocycles. The number of hydrogen-bond acceptors (Lipinski definition) is 3. The summed E-state index contributed by atoms with van der Waals surface area (Å²) >= 11 is 6.13. The monoisotopic (exact) mass is 265 g/mol. The summed E-state index contributed by atoms with van der Waals surface area (Å²) in [4.78, 5) is 4.29. The Morgan fingerprint density at radius 3 is 2.83 bits per heavy atom. The Balaban J connectivity index is 2.39. The molecule has 0 saturated carbocycles. The number of benzene rings is 1. The van der Waals surface area contributed by atoms with Gasteiger partial charge in [-0.2, -0.15) is 0 Å². The lowest BCUT2D eigenvalue weighted by atomic mass is 10.2. The van der Waals surface area contributed by atoms with Crippen molar-refractivity contribution in [2.75, 3.05) is 13.7 Å². The van der Waals surface area contributed by atoms with Gasteiger partial charge in [-0.05, 0) is 18.6 Å². The van der Waals surface area contributed by atoms with Crippen LogP contribution < -0.4 is 9.47 Å². The minimum atomic E-state index is 0.665. The molecule has 0 unspecified atom stereocenters. The summed E-state index contributed by atoms with van der Waals surface area (Å²) in [7, 11) is 1.62. The van der Waals surface area contributed by atoms with Crippen molar-refractivity contribution in [1.82, 2.24) is 4.98 Å². The fourth-order valence-electron chi connectivity index (χ4n) is 1.72. The highest BCUT2D eigenvalue weighted by Crippen LogP contribution is 2.34. The molecule has 96 valence electrons. The third-order valence-electron chi connectivity index (χ3n) is 2.73. The molecule has 0 aliphatic rings. The Morgan fingerprint density at radius 1 is 1.28 bits per heavy atom. The zero-order chi connectivity index (χ0) is 13.0. The van der Waals surface area contributed by atoms with E-state index < -0.39 is 0 Å². The number of pyridine rings is 1. The minimum Gasteiger partial charge on any atom is -0.493 e. The van der Waals surface area contributed by atoms with Gasteiger partial charge in [0.2, 0.25) is 0 Å². The molecule has 1 aromatic heterocycles. The van der Waals surface area contributed by atoms with E-state index in [9.17, 15) is 0 Å². The van der Waals surface area contributed by atoms with Crippen LogP contribution in [0.3, 0.4) is 0 Å². The Labute approximate surface area is 112 Å². The smallest absolute Gasteiger partial charge is 0.163 e. The van der Waals surface area contributed by atoms with Crippen LogP contribution in [0.1, 0.15) is 19.8 Å². The summed E-state index contributed by atoms with van der Waals surface area (Å²) in [5.41, 5.74) is 0.815. The molecule has 0 radical (unpaired) electrons. The van der Waals surface area contributed by atoms with Crippen LogP contribution in [0, 0.1) is 0 Å². The average Bonchev–Trinajstić information content (AvgIpc) is 2.39. The zero-order valence-corrected chi connectivity index (χ0v) is 11.3. The fourth-order valence-corrected chi connectivity index (χ4v) is 1.93. The number of halogens is 1. The Morgan fingerprint density at radius 2 is 2.11 bits per heavy atom. The van der Waals surface area contributed by atoms with Gasteiger partial charge in [-0.15, -0.1) is 0 Å². The molecular weight excluding hydrogens is 250 g/mol. The van der Waals surface area contributed by atoms with Gasteiger partial charge >= 0.3 is 0 Å². The zero-order valence-electron chi connectivity index (χ0n) is 10.6. The molecule has 2 rings (SSSR count). The maximum Gasteiger partial charge on any atom is 0.163 e. The van der Waals surface area contributed by atoms with Gasteiger partial charge in [-0.1, -0.05) is 24.9 Å². The van der Waals surface area contributed by atoms with Gasteiger partial charge in [0.1, 0.15) is 0 Å². The van der Waals surface area contributed by atoms with Gasteiger partial charge in [0.25, 0.3) is 0 Å². The predicted molar refractivity (Wildman–Crippen MR) is 73.7 cm³/mol. The minimum absolute atomic E-state index is 0.665. The molecule has 0 fully saturated rings. The first-order chi connectivity index (χ1) is 8.76. The van der Waals surface area contributed by atoms with Gasteiger partial charge in [-0.3, -0.25) is 4.98 Å². The number of rotatable bonds is 5. The van der Waals surface area contributed by atoms with Crippen LogP contribution in [0.15, 0.2) is 24.4 Å². The molecule has 0 aliphatic heterocycles. The van der Waals surface area contributed by atoms with E-state index in [2.05, 4.69) is 11.9 Å². The predicted octanol–water partition coefficient (Wildman–Crippen LogP) is 4.08. The second-order valence-corrected chi connectivity index (χ2v) is 4.42. The van der Waals surface area contributed by atoms with E-state index in [0.717, 1.165) is 23.7 Å². The third kappa shape index (κ3) is 2.67. The highest BCUT2D eigenvalue weighted by molar-refractivity contribution is 6.35. The Bertz CT molecular complexity index is 543. The van der Waals surface area contributed by atoms with Crippen LogP contribution in [0.5, 0.6) is 11.5 Å². The maximum absolute atomic E-state index is 6.13. The lowest BCUT2D eigenvalue weighted by molar-refractivity contribution is 0.289. The van der Waals surface area contributed by atoms with Crippen molar-refractivity contribution in [3.63, 3.8) is 0 Å². The molecule has 3 nitrogen and oxygen atoms in total. The standard InChI is InChI=1S/C14H16ClNO2/c1-3-4-7-18-14-9-12-10(8-13(14)17-2)11(15)5-6-16-12/h5-6,8-9H,3-4,7H2,1-2H3. The lowest BCUT2D eigenvalue weighted by Crippen LogP contribution is -1.99. The summed E-state index contributed by atoms with van der Waals surface area (Å²) in [5.74, 6) is 1.40. The van der Waals surface area contributed by atoms with Gasteiger partial charge < -0.3 is 9.47 Å². The van der Waals surface area contributed by atoms with Crippen LogP contribution in [0.25, 0.3) is 10.9 Å². The first kappa shape index (κ1) is 13.0. The van der Waals surface area contributed by atoms with E-state index in [-0.39, 0.29) is 0 Å². The van der Waals surface area contributed by atoms with E-state index in [4.69, 9.17) is 21.1 Å². The van der Waals surface area contributed by atoms with Crippen molar-refractivity contribution in [3.8, 4) is 11.5 Å². The second kappa shape index (κ2) is 5.91. The lowest BCUT2D eigenvalue weighted by Gasteiger charge is -2.11. The molecule has 1 aromatic carbocycles. The van der Waals surface area contributed by atoms with Crippen LogP contribution in [0.4, 0.5) is 0 Å². The number of unbranched alkanes of at least 4 members (excludes halogenated alkanes) is 1. The molecule has 1 heterocycles. The summed E-state index contributed by atoms with van der Waals surface area (Å²) in [6.45, 7) is 2.81. The molecule has 18 heavy (non-hydrogen) atoms. The second-order valence-electron chi connectivity index (χ2n) is 4.02. The first-order valence-electron chi connectivity index (χ1n) is 6.01. The molecule has 0 N–H and O–H groups in total. The van der Waals surface area contributed by atoms with Crippen molar-refractivity contribution in [3.05, 3.63) is 29.4 Å². The van der Waals surface area contributed by atoms with Gasteiger partial charge in [0, 0.05) is 17.6 Å². The number of fused-ring (bicyclic) bond motifs is 1. The molecule has 4 heteroatoms. The fraction of sp³-hybridized carbons (Fsp3) is 0.357. The Kier molecular flexibility index (Phi) is 4.26. The van der Waals surface area contributed by atoms with Crippen molar-refractivity contribution in [1.29, 1.82) is 0 Å². The van der Waals surface area contributed by atoms with E-state index >= 15 is 0 Å². The van der Waals surface area contributed by atoms with E-state index in [1.807, 2.05) is 12.1 Å². The van der Waals surface area contributed by atoms with Crippen molar-refractivity contribution >= 4 is 22.5 Å². The van der Waals surface area contributed by atoms with E-state index in [1.165, 1.54) is 0 Å². The van der Waals surface area contributed by atoms with Gasteiger partial charge in [0.05, 0.1) is 24.3 Å². The van der Waals surface area contributed by atoms with Crippen LogP contribution in [-0.4, -0.2) is 18.7 Å². The molecule has 0 spiro atoms. The molecule has 0 amide bonds. The SMILES string of the molecule is CCCCOc1cc2nccc(Cl)c2cc1OC. The highest BCUT2D eigenvalue weighted by atomic mass is 35.5. The summed E-state index contributed by atoms with van der Waals surface area (Å²) in [6, 6.07) is 5.50. The summed E-state index contributed by atoms with van der Waals surface area (Å²) in [6.07, 6.45) is 3.80. The largest absolute Gasteiger partial charge is 0.493 e. The molecule has 0 bridgehead atoms. The summed E-state index contributed by atoms with van der Waals surface area (Å²) in [5, 5.41) is 1.54. The number of ether oxygens (including phenoxy) is 2. The maximum atomic E-state index is 6.13. The third-order valence-corrected chi connectivity index (χ3v) is 3.06. The number of methoxy groups -OCH3 is 1. The van der Waals surface area contributed by atoms with Crippen molar-refractivity contribution in [2.45, 2.75) is 19.8 Å². The quantitative estimate of drug-likeness (QED) is 0.764. The Hall–Kier alpha value is -1.48. The number of nitrogens with zero attached hydrogens (tertiary/aromatic N) is 1. The molecular formula is C14H16ClNO2. The van der Waals surface area contributed by atoms with Crippen LogP contribution in [0.2, 0.25) is 5.02 Å². The highest BCUT2D eigenvalue weighted by Gasteiger charge is 2.09. The average molecular weight is 266 g/mol. The van der Waals surface area contributed by atoms with Gasteiger partial charge in [-0.25, -0.2) is 0 Å². The van der Waals surface area contributed by atoms with Crippen LogP contribution >= 0.6 is 11.6 Å². The normalized spacial score (nSPS) is 10.6. The summed E-state index contributed by atoms with van der Waals surface area (Å²) < 4.78 is 11.0. The molecule has 0 atom stereocenters. The topological polar surface area (TPSA) is 31.4 Å². The van der Waals surface area contributed by atoms with E-state index in [0.29, 0.717) is 23.1 Å². The van der Waals surface area contributed by atoms with Gasteiger partial charge in [0.15, 0.2) is 11.5 Å². The van der Waals surface area contributed by atoms with Crippen molar-refractivity contribution < 1.29 is 9.47 Å².